The zero-order valence-corrected chi connectivity index (χ0v) is 8.83. The number of likely N-dealkylation sites (tertiary alicyclic amines) is 1. The van der Waals surface area contributed by atoms with E-state index in [1.165, 1.54) is 0 Å². The molecule has 0 saturated carbocycles. The normalized spacial score (nSPS) is 25.1. The summed E-state index contributed by atoms with van der Waals surface area (Å²) in [7, 11) is 0. The number of aliphatic hydroxyl groups excluding tert-OH is 1. The van der Waals surface area contributed by atoms with E-state index in [-0.39, 0.29) is 37.4 Å². The van der Waals surface area contributed by atoms with Crippen LogP contribution in [0.5, 0.6) is 0 Å². The maximum absolute atomic E-state index is 12.1. The van der Waals surface area contributed by atoms with E-state index < -0.39 is 0 Å². The molecule has 68 valence electrons. The highest BCUT2D eigenvalue weighted by Gasteiger charge is 2.22. The monoisotopic (exact) mass is 275 g/mol. The Hall–Kier alpha value is 0.580. The molecule has 1 N–H and O–H groups in total. The van der Waals surface area contributed by atoms with Crippen molar-refractivity contribution in [2.24, 2.45) is 0 Å². The molecule has 0 aliphatic carbocycles. The van der Waals surface area contributed by atoms with Gasteiger partial charge < -0.3 is 5.11 Å². The molecule has 0 aromatic rings. The lowest BCUT2D eigenvalue weighted by Crippen LogP contribution is -2.29. The van der Waals surface area contributed by atoms with Crippen LogP contribution in [0.3, 0.4) is 0 Å². The van der Waals surface area contributed by atoms with Crippen molar-refractivity contribution in [1.29, 1.82) is 0 Å². The van der Waals surface area contributed by atoms with Crippen LogP contribution in [0.1, 0.15) is 19.3 Å². The van der Waals surface area contributed by atoms with E-state index in [0.717, 1.165) is 25.8 Å². The van der Waals surface area contributed by atoms with Crippen LogP contribution in [0.25, 0.3) is 0 Å². The standard InChI is InChI=1S/C7H14FNO.HI/c8-6-9-4-1-2-7(9)3-5-10;/h7,10H,1-6H2;1H/t7-;/m0./s1. The van der Waals surface area contributed by atoms with E-state index in [9.17, 15) is 4.39 Å². The summed E-state index contributed by atoms with van der Waals surface area (Å²) in [5.74, 6) is 0. The van der Waals surface area contributed by atoms with E-state index in [4.69, 9.17) is 5.11 Å². The van der Waals surface area contributed by atoms with E-state index in [2.05, 4.69) is 0 Å². The summed E-state index contributed by atoms with van der Waals surface area (Å²) < 4.78 is 12.1. The molecule has 1 aliphatic rings. The maximum Gasteiger partial charge on any atom is 0.143 e. The summed E-state index contributed by atoms with van der Waals surface area (Å²) in [6, 6.07) is 0.301. The summed E-state index contributed by atoms with van der Waals surface area (Å²) in [5.41, 5.74) is 0. The third-order valence-corrected chi connectivity index (χ3v) is 2.11. The first kappa shape index (κ1) is 11.6. The second-order valence-corrected chi connectivity index (χ2v) is 2.74. The molecule has 0 aromatic carbocycles. The fourth-order valence-corrected chi connectivity index (χ4v) is 1.53. The third kappa shape index (κ3) is 3.21. The summed E-state index contributed by atoms with van der Waals surface area (Å²) in [6.07, 6.45) is 2.85. The number of rotatable bonds is 3. The first-order valence-corrected chi connectivity index (χ1v) is 3.79. The predicted octanol–water partition coefficient (Wildman–Crippen LogP) is 1.38. The molecule has 0 spiro atoms. The van der Waals surface area contributed by atoms with Crippen molar-refractivity contribution in [2.45, 2.75) is 25.3 Å². The first-order chi connectivity index (χ1) is 4.88. The molecular formula is C7H15FINO. The predicted molar refractivity (Wildman–Crippen MR) is 52.8 cm³/mol. The summed E-state index contributed by atoms with van der Waals surface area (Å²) in [5, 5.41) is 8.59. The Morgan fingerprint density at radius 3 is 2.82 bits per heavy atom. The molecule has 0 amide bonds. The molecule has 0 aromatic heterocycles. The highest BCUT2D eigenvalue weighted by molar-refractivity contribution is 14.0. The lowest BCUT2D eigenvalue weighted by molar-refractivity contribution is 0.144. The van der Waals surface area contributed by atoms with Gasteiger partial charge in [0.05, 0.1) is 0 Å². The van der Waals surface area contributed by atoms with Gasteiger partial charge in [-0.05, 0) is 19.3 Å². The number of aliphatic hydroxyl groups is 1. The van der Waals surface area contributed by atoms with Gasteiger partial charge in [0, 0.05) is 19.2 Å². The van der Waals surface area contributed by atoms with Gasteiger partial charge in [0.25, 0.3) is 0 Å². The molecule has 1 aliphatic heterocycles. The topological polar surface area (TPSA) is 23.5 Å². The summed E-state index contributed by atoms with van der Waals surface area (Å²) in [6.45, 7) is 0.688. The van der Waals surface area contributed by atoms with Gasteiger partial charge in [-0.25, -0.2) is 4.39 Å². The number of hydrogen-bond acceptors (Lipinski definition) is 2. The second kappa shape index (κ2) is 6.14. The zero-order valence-electron chi connectivity index (χ0n) is 6.50. The van der Waals surface area contributed by atoms with E-state index >= 15 is 0 Å². The lowest BCUT2D eigenvalue weighted by atomic mass is 10.2. The van der Waals surface area contributed by atoms with Crippen molar-refractivity contribution in [1.82, 2.24) is 4.90 Å². The van der Waals surface area contributed by atoms with Gasteiger partial charge in [-0.15, -0.1) is 24.0 Å². The minimum atomic E-state index is -0.356. The van der Waals surface area contributed by atoms with Gasteiger partial charge in [-0.3, -0.25) is 4.90 Å². The number of alkyl halides is 1. The van der Waals surface area contributed by atoms with Crippen LogP contribution in [0, 0.1) is 0 Å². The minimum absolute atomic E-state index is 0. The molecule has 2 nitrogen and oxygen atoms in total. The Labute approximate surface area is 83.8 Å². The molecule has 1 atom stereocenters. The lowest BCUT2D eigenvalue weighted by Gasteiger charge is -2.19. The zero-order chi connectivity index (χ0) is 7.40. The number of nitrogens with zero attached hydrogens (tertiary/aromatic N) is 1. The fourth-order valence-electron chi connectivity index (χ4n) is 1.53. The van der Waals surface area contributed by atoms with Crippen LogP contribution in [0.2, 0.25) is 0 Å². The van der Waals surface area contributed by atoms with Crippen LogP contribution in [-0.2, 0) is 0 Å². The molecule has 11 heavy (non-hydrogen) atoms. The van der Waals surface area contributed by atoms with Gasteiger partial charge in [0.15, 0.2) is 0 Å². The Kier molecular flexibility index (Phi) is 6.46. The van der Waals surface area contributed by atoms with E-state index in [1.54, 1.807) is 4.90 Å². The van der Waals surface area contributed by atoms with Gasteiger partial charge >= 0.3 is 0 Å². The Balaban J connectivity index is 0.000001000. The van der Waals surface area contributed by atoms with Crippen molar-refractivity contribution in [3.8, 4) is 0 Å². The molecule has 0 bridgehead atoms. The average Bonchev–Trinajstić information content (AvgIpc) is 2.36. The maximum atomic E-state index is 12.1. The molecule has 4 heteroatoms. The molecule has 0 unspecified atom stereocenters. The number of halogens is 2. The largest absolute Gasteiger partial charge is 0.396 e. The van der Waals surface area contributed by atoms with Crippen molar-refractivity contribution in [3.05, 3.63) is 0 Å². The summed E-state index contributed by atoms with van der Waals surface area (Å²) >= 11 is 0. The highest BCUT2D eigenvalue weighted by atomic mass is 127. The smallest absolute Gasteiger partial charge is 0.143 e. The van der Waals surface area contributed by atoms with Gasteiger partial charge in [0.1, 0.15) is 6.80 Å². The Bertz CT molecular complexity index is 104. The van der Waals surface area contributed by atoms with Crippen LogP contribution >= 0.6 is 24.0 Å². The van der Waals surface area contributed by atoms with Crippen molar-refractivity contribution < 1.29 is 9.50 Å². The molecule has 1 fully saturated rings. The van der Waals surface area contributed by atoms with Crippen LogP contribution < -0.4 is 0 Å². The molecule has 1 rings (SSSR count). The van der Waals surface area contributed by atoms with Gasteiger partial charge in [-0.2, -0.15) is 0 Å². The van der Waals surface area contributed by atoms with Crippen LogP contribution in [0.4, 0.5) is 4.39 Å². The van der Waals surface area contributed by atoms with E-state index in [1.807, 2.05) is 0 Å². The molecule has 1 heterocycles. The van der Waals surface area contributed by atoms with Crippen molar-refractivity contribution in [2.75, 3.05) is 20.0 Å². The summed E-state index contributed by atoms with van der Waals surface area (Å²) in [4.78, 5) is 1.79. The van der Waals surface area contributed by atoms with Gasteiger partial charge in [0.2, 0.25) is 0 Å². The van der Waals surface area contributed by atoms with Crippen LogP contribution in [0.15, 0.2) is 0 Å². The van der Waals surface area contributed by atoms with E-state index in [0.29, 0.717) is 6.04 Å². The average molecular weight is 275 g/mol. The highest BCUT2D eigenvalue weighted by Crippen LogP contribution is 2.18. The quantitative estimate of drug-likeness (QED) is 0.621. The van der Waals surface area contributed by atoms with Crippen molar-refractivity contribution >= 4 is 24.0 Å². The van der Waals surface area contributed by atoms with Crippen molar-refractivity contribution in [3.63, 3.8) is 0 Å². The fraction of sp³-hybridized carbons (Fsp3) is 1.00. The second-order valence-electron chi connectivity index (χ2n) is 2.74. The SMILES string of the molecule is I.OCC[C@@H]1CCCN1CF. The molecule has 1 saturated heterocycles. The minimum Gasteiger partial charge on any atom is -0.396 e. The molecular weight excluding hydrogens is 260 g/mol. The Morgan fingerprint density at radius 1 is 1.55 bits per heavy atom. The number of hydrogen-bond donors (Lipinski definition) is 1. The first-order valence-electron chi connectivity index (χ1n) is 3.79. The third-order valence-electron chi connectivity index (χ3n) is 2.11. The van der Waals surface area contributed by atoms with Gasteiger partial charge in [-0.1, -0.05) is 0 Å². The molecule has 0 radical (unpaired) electrons. The van der Waals surface area contributed by atoms with Crippen LogP contribution in [-0.4, -0.2) is 36.0 Å². The Morgan fingerprint density at radius 2 is 2.27 bits per heavy atom.